The fourth-order valence-corrected chi connectivity index (χ4v) is 3.06. The SMILES string of the molecule is Cc1cccc(-c2[nH]nc(N)c2-c2ccc(Cl)cc2)c1I. The van der Waals surface area contributed by atoms with Gasteiger partial charge < -0.3 is 5.73 Å². The third-order valence-electron chi connectivity index (χ3n) is 3.39. The largest absolute Gasteiger partial charge is 0.382 e. The Morgan fingerprint density at radius 1 is 1.14 bits per heavy atom. The number of nitrogens with one attached hydrogen (secondary N) is 1. The molecule has 2 aromatic carbocycles. The zero-order valence-corrected chi connectivity index (χ0v) is 14.2. The van der Waals surface area contributed by atoms with Crippen molar-refractivity contribution in [2.75, 3.05) is 5.73 Å². The normalized spacial score (nSPS) is 10.8. The number of hydrogen-bond donors (Lipinski definition) is 2. The molecule has 0 aliphatic carbocycles. The first-order chi connectivity index (χ1) is 10.1. The molecule has 0 saturated heterocycles. The Balaban J connectivity index is 2.22. The predicted octanol–water partition coefficient (Wildman–Crippen LogP) is 4.89. The minimum absolute atomic E-state index is 0.490. The summed E-state index contributed by atoms with van der Waals surface area (Å²) in [7, 11) is 0. The lowest BCUT2D eigenvalue weighted by atomic mass is 10.00. The molecule has 3 aromatic rings. The van der Waals surface area contributed by atoms with Gasteiger partial charge in [-0.2, -0.15) is 5.10 Å². The van der Waals surface area contributed by atoms with Gasteiger partial charge in [-0.25, -0.2) is 0 Å². The van der Waals surface area contributed by atoms with Crippen molar-refractivity contribution in [3.8, 4) is 22.4 Å². The van der Waals surface area contributed by atoms with Crippen LogP contribution in [0.15, 0.2) is 42.5 Å². The molecule has 0 unspecified atom stereocenters. The van der Waals surface area contributed by atoms with E-state index in [4.69, 9.17) is 17.3 Å². The van der Waals surface area contributed by atoms with E-state index in [2.05, 4.69) is 51.8 Å². The molecule has 0 aliphatic rings. The molecule has 1 aromatic heterocycles. The summed E-state index contributed by atoms with van der Waals surface area (Å²) in [6.45, 7) is 2.09. The fourth-order valence-electron chi connectivity index (χ4n) is 2.30. The number of nitrogens with two attached hydrogens (primary N) is 1. The number of nitrogen functional groups attached to an aromatic ring is 1. The van der Waals surface area contributed by atoms with E-state index < -0.39 is 0 Å². The standard InChI is InChI=1S/C16H13ClIN3/c1-9-3-2-4-12(14(9)18)15-13(16(19)21-20-15)10-5-7-11(17)8-6-10/h2-8H,1H3,(H3,19,20,21). The highest BCUT2D eigenvalue weighted by atomic mass is 127. The summed E-state index contributed by atoms with van der Waals surface area (Å²) in [5.74, 6) is 0.490. The summed E-state index contributed by atoms with van der Waals surface area (Å²) in [5.41, 5.74) is 11.2. The molecule has 0 spiro atoms. The number of anilines is 1. The van der Waals surface area contributed by atoms with Gasteiger partial charge >= 0.3 is 0 Å². The van der Waals surface area contributed by atoms with Crippen molar-refractivity contribution in [3.05, 3.63) is 56.6 Å². The van der Waals surface area contributed by atoms with Gasteiger partial charge in [0.05, 0.1) is 11.3 Å². The van der Waals surface area contributed by atoms with E-state index in [1.165, 1.54) is 9.13 Å². The van der Waals surface area contributed by atoms with Gasteiger partial charge in [0.25, 0.3) is 0 Å². The van der Waals surface area contributed by atoms with Gasteiger partial charge in [-0.1, -0.05) is 41.9 Å². The Morgan fingerprint density at radius 3 is 2.57 bits per heavy atom. The molecule has 106 valence electrons. The van der Waals surface area contributed by atoms with Crippen LogP contribution in [0.4, 0.5) is 5.82 Å². The van der Waals surface area contributed by atoms with Crippen LogP contribution in [0, 0.1) is 10.5 Å². The summed E-state index contributed by atoms with van der Waals surface area (Å²) >= 11 is 8.31. The minimum atomic E-state index is 0.490. The summed E-state index contributed by atoms with van der Waals surface area (Å²) in [4.78, 5) is 0. The van der Waals surface area contributed by atoms with Gasteiger partial charge in [-0.15, -0.1) is 0 Å². The van der Waals surface area contributed by atoms with E-state index in [1.807, 2.05) is 30.3 Å². The molecule has 3 rings (SSSR count). The summed E-state index contributed by atoms with van der Waals surface area (Å²) < 4.78 is 1.19. The molecule has 1 heterocycles. The van der Waals surface area contributed by atoms with Gasteiger partial charge in [0, 0.05) is 14.2 Å². The predicted molar refractivity (Wildman–Crippen MR) is 96.3 cm³/mol. The average molecular weight is 410 g/mol. The Bertz CT molecular complexity index is 794. The molecule has 0 bridgehead atoms. The molecule has 21 heavy (non-hydrogen) atoms. The van der Waals surface area contributed by atoms with Gasteiger partial charge in [0.15, 0.2) is 5.82 Å². The maximum Gasteiger partial charge on any atom is 0.153 e. The molecule has 0 saturated carbocycles. The Kier molecular flexibility index (Phi) is 3.91. The van der Waals surface area contributed by atoms with Crippen LogP contribution >= 0.6 is 34.2 Å². The Morgan fingerprint density at radius 2 is 1.86 bits per heavy atom. The number of aromatic nitrogens is 2. The third-order valence-corrected chi connectivity index (χ3v) is 5.07. The molecular weight excluding hydrogens is 397 g/mol. The second kappa shape index (κ2) is 5.69. The van der Waals surface area contributed by atoms with E-state index in [1.54, 1.807) is 0 Å². The summed E-state index contributed by atoms with van der Waals surface area (Å²) in [6.07, 6.45) is 0. The maximum absolute atomic E-state index is 6.06. The molecule has 3 nitrogen and oxygen atoms in total. The van der Waals surface area contributed by atoms with Crippen molar-refractivity contribution < 1.29 is 0 Å². The number of hydrogen-bond acceptors (Lipinski definition) is 2. The number of rotatable bonds is 2. The number of halogens is 2. The maximum atomic E-state index is 6.06. The summed E-state index contributed by atoms with van der Waals surface area (Å²) in [6, 6.07) is 13.8. The van der Waals surface area contributed by atoms with E-state index in [0.717, 1.165) is 22.4 Å². The molecule has 3 N–H and O–H groups in total. The van der Waals surface area contributed by atoms with Crippen LogP contribution in [0.1, 0.15) is 5.56 Å². The smallest absolute Gasteiger partial charge is 0.153 e. The van der Waals surface area contributed by atoms with E-state index in [-0.39, 0.29) is 0 Å². The van der Waals surface area contributed by atoms with Crippen molar-refractivity contribution in [2.45, 2.75) is 6.92 Å². The van der Waals surface area contributed by atoms with Crippen LogP contribution in [0.25, 0.3) is 22.4 Å². The third kappa shape index (κ3) is 2.65. The molecule has 0 atom stereocenters. The Labute approximate surface area is 141 Å². The van der Waals surface area contributed by atoms with Gasteiger partial charge in [0.2, 0.25) is 0 Å². The van der Waals surface area contributed by atoms with E-state index >= 15 is 0 Å². The number of H-pyrrole nitrogens is 1. The first kappa shape index (κ1) is 14.4. The van der Waals surface area contributed by atoms with Gasteiger partial charge in [-0.3, -0.25) is 5.10 Å². The molecule has 0 amide bonds. The molecule has 5 heteroatoms. The van der Waals surface area contributed by atoms with Crippen molar-refractivity contribution in [1.29, 1.82) is 0 Å². The van der Waals surface area contributed by atoms with Crippen molar-refractivity contribution in [1.82, 2.24) is 10.2 Å². The second-order valence-corrected chi connectivity index (χ2v) is 6.32. The van der Waals surface area contributed by atoms with Crippen molar-refractivity contribution in [3.63, 3.8) is 0 Å². The van der Waals surface area contributed by atoms with Crippen LogP contribution in [-0.2, 0) is 0 Å². The van der Waals surface area contributed by atoms with Crippen LogP contribution in [0.3, 0.4) is 0 Å². The first-order valence-corrected chi connectivity index (χ1v) is 7.89. The number of nitrogens with zero attached hydrogens (tertiary/aromatic N) is 1. The number of aromatic amines is 1. The van der Waals surface area contributed by atoms with Crippen LogP contribution in [-0.4, -0.2) is 10.2 Å². The van der Waals surface area contributed by atoms with Crippen molar-refractivity contribution in [2.24, 2.45) is 0 Å². The number of aryl methyl sites for hydroxylation is 1. The van der Waals surface area contributed by atoms with Gasteiger partial charge in [-0.05, 0) is 52.8 Å². The lowest BCUT2D eigenvalue weighted by Crippen LogP contribution is -1.91. The van der Waals surface area contributed by atoms with Crippen LogP contribution in [0.5, 0.6) is 0 Å². The molecule has 0 radical (unpaired) electrons. The van der Waals surface area contributed by atoms with Crippen molar-refractivity contribution >= 4 is 40.0 Å². The minimum Gasteiger partial charge on any atom is -0.382 e. The van der Waals surface area contributed by atoms with Crippen LogP contribution < -0.4 is 5.73 Å². The Hall–Kier alpha value is -1.53. The van der Waals surface area contributed by atoms with Gasteiger partial charge in [0.1, 0.15) is 0 Å². The lowest BCUT2D eigenvalue weighted by molar-refractivity contribution is 1.10. The van der Waals surface area contributed by atoms with E-state index in [9.17, 15) is 0 Å². The highest BCUT2D eigenvalue weighted by Crippen LogP contribution is 2.37. The quantitative estimate of drug-likeness (QED) is 0.592. The second-order valence-electron chi connectivity index (χ2n) is 4.80. The summed E-state index contributed by atoms with van der Waals surface area (Å²) in [5, 5.41) is 7.94. The zero-order valence-electron chi connectivity index (χ0n) is 11.3. The molecule has 0 fully saturated rings. The highest BCUT2D eigenvalue weighted by Gasteiger charge is 2.17. The van der Waals surface area contributed by atoms with E-state index in [0.29, 0.717) is 10.8 Å². The zero-order chi connectivity index (χ0) is 15.0. The highest BCUT2D eigenvalue weighted by molar-refractivity contribution is 14.1. The molecular formula is C16H13ClIN3. The molecule has 0 aliphatic heterocycles. The lowest BCUT2D eigenvalue weighted by Gasteiger charge is -2.08. The first-order valence-electron chi connectivity index (χ1n) is 6.43. The monoisotopic (exact) mass is 409 g/mol. The number of benzene rings is 2. The fraction of sp³-hybridized carbons (Fsp3) is 0.0625. The average Bonchev–Trinajstić information content (AvgIpc) is 2.85. The van der Waals surface area contributed by atoms with Crippen LogP contribution in [0.2, 0.25) is 5.02 Å². The topological polar surface area (TPSA) is 54.7 Å².